The number of ether oxygens (including phenoxy) is 1. The van der Waals surface area contributed by atoms with E-state index < -0.39 is 5.97 Å². The first-order chi connectivity index (χ1) is 12.6. The van der Waals surface area contributed by atoms with E-state index in [-0.39, 0.29) is 23.6 Å². The van der Waals surface area contributed by atoms with Crippen LogP contribution in [0.2, 0.25) is 0 Å². The second-order valence-corrected chi connectivity index (χ2v) is 7.15. The minimum absolute atomic E-state index is 0.0141. The largest absolute Gasteiger partial charge is 0.461 e. The maximum Gasteiger partial charge on any atom is 0.360 e. The molecule has 8 nitrogen and oxygen atoms in total. The normalized spacial score (nSPS) is 23.5. The topological polar surface area (TPSA) is 96.1 Å². The van der Waals surface area contributed by atoms with E-state index in [1.165, 1.54) is 6.26 Å². The van der Waals surface area contributed by atoms with Crippen LogP contribution < -0.4 is 4.90 Å². The Bertz CT molecular complexity index is 647. The fourth-order valence-electron chi connectivity index (χ4n) is 3.98. The molecule has 1 aromatic rings. The van der Waals surface area contributed by atoms with E-state index in [4.69, 9.17) is 14.3 Å². The maximum atomic E-state index is 12.2. The molecular weight excluding hydrogens is 338 g/mol. The van der Waals surface area contributed by atoms with Crippen molar-refractivity contribution in [2.24, 2.45) is 5.41 Å². The number of nitrogens with zero attached hydrogens (tertiary/aromatic N) is 3. The van der Waals surface area contributed by atoms with Crippen molar-refractivity contribution in [1.82, 2.24) is 9.88 Å². The molecule has 1 atom stereocenters. The van der Waals surface area contributed by atoms with Gasteiger partial charge in [-0.1, -0.05) is 0 Å². The van der Waals surface area contributed by atoms with Crippen LogP contribution in [0.3, 0.4) is 0 Å². The van der Waals surface area contributed by atoms with Crippen LogP contribution in [0.15, 0.2) is 10.7 Å². The summed E-state index contributed by atoms with van der Waals surface area (Å²) in [6.45, 7) is 5.01. The van der Waals surface area contributed by atoms with Crippen LogP contribution in [-0.2, 0) is 9.53 Å². The number of esters is 1. The summed E-state index contributed by atoms with van der Waals surface area (Å²) < 4.78 is 10.5. The number of piperidine rings is 2. The van der Waals surface area contributed by atoms with Crippen LogP contribution in [0, 0.1) is 5.41 Å². The number of carbonyl (C=O) groups excluding carboxylic acids is 2. The van der Waals surface area contributed by atoms with Gasteiger partial charge in [-0.05, 0) is 32.6 Å². The summed E-state index contributed by atoms with van der Waals surface area (Å²) in [6, 6.07) is 0.436. The second kappa shape index (κ2) is 8.07. The molecule has 1 aromatic heterocycles. The van der Waals surface area contributed by atoms with Gasteiger partial charge in [-0.3, -0.25) is 4.79 Å². The standard InChI is InChI=1S/C18H27N3O5/c1-2-25-16(24)14-11-26-17(19-14)21-8-3-6-18(13-21)7-5-15(23)20(12-18)9-4-10-22/h11,22H,2-10,12-13H2,1H3/t18-/m0/s1. The lowest BCUT2D eigenvalue weighted by Crippen LogP contribution is -2.54. The summed E-state index contributed by atoms with van der Waals surface area (Å²) in [4.78, 5) is 32.2. The first kappa shape index (κ1) is 18.7. The molecule has 26 heavy (non-hydrogen) atoms. The van der Waals surface area contributed by atoms with Crippen LogP contribution in [0.1, 0.15) is 49.5 Å². The number of aliphatic hydroxyl groups excluding tert-OH is 1. The minimum atomic E-state index is -0.479. The van der Waals surface area contributed by atoms with Crippen LogP contribution in [0.5, 0.6) is 0 Å². The highest BCUT2D eigenvalue weighted by Crippen LogP contribution is 2.40. The van der Waals surface area contributed by atoms with E-state index in [0.717, 1.165) is 32.4 Å². The zero-order valence-corrected chi connectivity index (χ0v) is 15.3. The number of hydrogen-bond donors (Lipinski definition) is 1. The molecule has 1 N–H and O–H groups in total. The number of aromatic nitrogens is 1. The fourth-order valence-corrected chi connectivity index (χ4v) is 3.98. The van der Waals surface area contributed by atoms with Gasteiger partial charge in [-0.25, -0.2) is 4.79 Å². The molecule has 144 valence electrons. The van der Waals surface area contributed by atoms with Gasteiger partial charge < -0.3 is 24.1 Å². The zero-order valence-electron chi connectivity index (χ0n) is 15.3. The molecule has 0 aromatic carbocycles. The zero-order chi connectivity index (χ0) is 18.6. The van der Waals surface area contributed by atoms with E-state index >= 15 is 0 Å². The van der Waals surface area contributed by atoms with Gasteiger partial charge in [0.25, 0.3) is 6.01 Å². The molecule has 0 saturated carbocycles. The number of oxazole rings is 1. The summed E-state index contributed by atoms with van der Waals surface area (Å²) in [5.41, 5.74) is 0.199. The Kier molecular flexibility index (Phi) is 5.80. The Labute approximate surface area is 153 Å². The molecule has 3 rings (SSSR count). The fraction of sp³-hybridized carbons (Fsp3) is 0.722. The van der Waals surface area contributed by atoms with Gasteiger partial charge in [-0.2, -0.15) is 4.98 Å². The molecule has 2 aliphatic rings. The Morgan fingerprint density at radius 2 is 2.27 bits per heavy atom. The van der Waals surface area contributed by atoms with E-state index in [1.54, 1.807) is 6.92 Å². The number of aliphatic hydroxyl groups is 1. The Morgan fingerprint density at radius 3 is 3.04 bits per heavy atom. The highest BCUT2D eigenvalue weighted by molar-refractivity contribution is 5.87. The van der Waals surface area contributed by atoms with Gasteiger partial charge in [0.1, 0.15) is 6.26 Å². The quantitative estimate of drug-likeness (QED) is 0.762. The molecule has 0 aliphatic carbocycles. The monoisotopic (exact) mass is 365 g/mol. The highest BCUT2D eigenvalue weighted by Gasteiger charge is 2.42. The summed E-state index contributed by atoms with van der Waals surface area (Å²) in [5, 5.41) is 9.06. The predicted octanol–water partition coefficient (Wildman–Crippen LogP) is 1.44. The molecule has 1 amide bonds. The van der Waals surface area contributed by atoms with Gasteiger partial charge in [0.05, 0.1) is 6.61 Å². The number of carbonyl (C=O) groups is 2. The first-order valence-electron chi connectivity index (χ1n) is 9.33. The van der Waals surface area contributed by atoms with Crippen LogP contribution in [0.4, 0.5) is 6.01 Å². The smallest absolute Gasteiger partial charge is 0.360 e. The summed E-state index contributed by atoms with van der Waals surface area (Å²) in [6.07, 6.45) is 5.38. The van der Waals surface area contributed by atoms with E-state index in [0.29, 0.717) is 38.6 Å². The lowest BCUT2D eigenvalue weighted by molar-refractivity contribution is -0.138. The minimum Gasteiger partial charge on any atom is -0.461 e. The summed E-state index contributed by atoms with van der Waals surface area (Å²) >= 11 is 0. The predicted molar refractivity (Wildman–Crippen MR) is 93.9 cm³/mol. The number of hydrogen-bond acceptors (Lipinski definition) is 7. The summed E-state index contributed by atoms with van der Waals surface area (Å²) in [7, 11) is 0. The summed E-state index contributed by atoms with van der Waals surface area (Å²) in [5.74, 6) is -0.311. The molecule has 0 radical (unpaired) electrons. The maximum absolute atomic E-state index is 12.2. The molecule has 3 heterocycles. The first-order valence-corrected chi connectivity index (χ1v) is 9.33. The molecule has 0 unspecified atom stereocenters. The van der Waals surface area contributed by atoms with Crippen molar-refractivity contribution in [2.45, 2.75) is 39.0 Å². The van der Waals surface area contributed by atoms with Crippen molar-refractivity contribution in [3.63, 3.8) is 0 Å². The molecule has 8 heteroatoms. The van der Waals surface area contributed by atoms with Crippen molar-refractivity contribution in [3.05, 3.63) is 12.0 Å². The van der Waals surface area contributed by atoms with Crippen molar-refractivity contribution < 1.29 is 23.8 Å². The van der Waals surface area contributed by atoms with Gasteiger partial charge in [0, 0.05) is 44.6 Å². The Hall–Kier alpha value is -2.09. The van der Waals surface area contributed by atoms with Crippen molar-refractivity contribution >= 4 is 17.9 Å². The molecule has 0 bridgehead atoms. The van der Waals surface area contributed by atoms with E-state index in [1.807, 2.05) is 4.90 Å². The van der Waals surface area contributed by atoms with Gasteiger partial charge in [-0.15, -0.1) is 0 Å². The molecular formula is C18H27N3O5. The number of likely N-dealkylation sites (tertiary alicyclic amines) is 1. The molecule has 2 fully saturated rings. The lowest BCUT2D eigenvalue weighted by Gasteiger charge is -2.47. The van der Waals surface area contributed by atoms with Gasteiger partial charge >= 0.3 is 5.97 Å². The third-order valence-electron chi connectivity index (χ3n) is 5.24. The third-order valence-corrected chi connectivity index (χ3v) is 5.24. The Balaban J connectivity index is 1.69. The second-order valence-electron chi connectivity index (χ2n) is 7.15. The third kappa shape index (κ3) is 4.00. The average molecular weight is 365 g/mol. The van der Waals surface area contributed by atoms with Crippen LogP contribution in [0.25, 0.3) is 0 Å². The highest BCUT2D eigenvalue weighted by atomic mass is 16.5. The lowest BCUT2D eigenvalue weighted by atomic mass is 9.73. The average Bonchev–Trinajstić information content (AvgIpc) is 3.13. The van der Waals surface area contributed by atoms with E-state index in [9.17, 15) is 9.59 Å². The SMILES string of the molecule is CCOC(=O)c1coc(N2CCC[C@@]3(CCC(=O)N(CCCO)C3)C2)n1. The van der Waals surface area contributed by atoms with Crippen LogP contribution in [-0.4, -0.2) is 66.3 Å². The van der Waals surface area contributed by atoms with Crippen molar-refractivity contribution in [1.29, 1.82) is 0 Å². The molecule has 2 aliphatic heterocycles. The number of amides is 1. The molecule has 2 saturated heterocycles. The Morgan fingerprint density at radius 1 is 1.42 bits per heavy atom. The molecule has 1 spiro atoms. The number of rotatable bonds is 6. The van der Waals surface area contributed by atoms with Crippen LogP contribution >= 0.6 is 0 Å². The van der Waals surface area contributed by atoms with Gasteiger partial charge in [0.15, 0.2) is 5.69 Å². The number of anilines is 1. The van der Waals surface area contributed by atoms with E-state index in [2.05, 4.69) is 9.88 Å². The van der Waals surface area contributed by atoms with Crippen molar-refractivity contribution in [3.8, 4) is 0 Å². The van der Waals surface area contributed by atoms with Gasteiger partial charge in [0.2, 0.25) is 5.91 Å². The van der Waals surface area contributed by atoms with Crippen molar-refractivity contribution in [2.75, 3.05) is 44.3 Å².